The van der Waals surface area contributed by atoms with Crippen molar-refractivity contribution in [2.24, 2.45) is 0 Å². The van der Waals surface area contributed by atoms with Crippen LogP contribution in [0.4, 0.5) is 34.1 Å². The maximum Gasteiger partial charge on any atom is 0.0618 e. The summed E-state index contributed by atoms with van der Waals surface area (Å²) in [6.07, 6.45) is 0. The van der Waals surface area contributed by atoms with Gasteiger partial charge in [0.15, 0.2) is 0 Å². The minimum Gasteiger partial charge on any atom is -0.310 e. The molecule has 2 nitrogen and oxygen atoms in total. The van der Waals surface area contributed by atoms with Crippen LogP contribution in [0.3, 0.4) is 0 Å². The third kappa shape index (κ3) is 5.87. The van der Waals surface area contributed by atoms with E-state index in [-0.39, 0.29) is 5.41 Å². The lowest BCUT2D eigenvalue weighted by Gasteiger charge is -2.43. The topological polar surface area (TPSA) is 6.48 Å². The molecule has 0 N–H and O–H groups in total. The first-order valence-electron chi connectivity index (χ1n) is 20.5. The zero-order valence-electron chi connectivity index (χ0n) is 33.2. The number of nitrogens with zero attached hydrogens (tertiary/aromatic N) is 2. The molecule has 280 valence electrons. The smallest absolute Gasteiger partial charge is 0.0618 e. The predicted octanol–water partition coefficient (Wildman–Crippen LogP) is 16.1. The van der Waals surface area contributed by atoms with E-state index in [1.165, 1.54) is 77.2 Å². The summed E-state index contributed by atoms with van der Waals surface area (Å²) in [6, 6.07) is 80.1. The second-order valence-corrected chi connectivity index (χ2v) is 16.2. The van der Waals surface area contributed by atoms with Gasteiger partial charge in [0.1, 0.15) is 0 Å². The van der Waals surface area contributed by atoms with Crippen LogP contribution in [0.15, 0.2) is 218 Å². The van der Waals surface area contributed by atoms with E-state index in [0.717, 1.165) is 22.6 Å². The molecule has 0 unspecified atom stereocenters. The van der Waals surface area contributed by atoms with E-state index in [0.29, 0.717) is 0 Å². The first-order valence-corrected chi connectivity index (χ1v) is 20.5. The highest BCUT2D eigenvalue weighted by Gasteiger charge is 2.38. The van der Waals surface area contributed by atoms with Crippen molar-refractivity contribution in [3.63, 3.8) is 0 Å². The van der Waals surface area contributed by atoms with Gasteiger partial charge in [-0.05, 0) is 115 Å². The molecule has 0 amide bonds. The third-order valence-corrected chi connectivity index (χ3v) is 12.4. The second-order valence-electron chi connectivity index (χ2n) is 16.2. The summed E-state index contributed by atoms with van der Waals surface area (Å²) in [7, 11) is 0. The number of anilines is 6. The van der Waals surface area contributed by atoms with E-state index in [2.05, 4.69) is 242 Å². The summed E-state index contributed by atoms with van der Waals surface area (Å²) >= 11 is 0. The summed E-state index contributed by atoms with van der Waals surface area (Å²) in [6.45, 7) is 4.76. The van der Waals surface area contributed by atoms with Crippen molar-refractivity contribution in [3.05, 3.63) is 230 Å². The van der Waals surface area contributed by atoms with Gasteiger partial charge in [-0.25, -0.2) is 0 Å². The lowest BCUT2D eigenvalue weighted by atomic mass is 9.72. The van der Waals surface area contributed by atoms with Crippen molar-refractivity contribution in [1.82, 2.24) is 0 Å². The molecule has 1 aliphatic heterocycles. The molecule has 0 aliphatic carbocycles. The molecule has 0 spiro atoms. The van der Waals surface area contributed by atoms with Gasteiger partial charge in [0, 0.05) is 33.4 Å². The number of rotatable bonds is 6. The van der Waals surface area contributed by atoms with Crippen LogP contribution in [-0.4, -0.2) is 0 Å². The van der Waals surface area contributed by atoms with Crippen molar-refractivity contribution < 1.29 is 0 Å². The number of benzene rings is 10. The largest absolute Gasteiger partial charge is 0.310 e. The number of para-hydroxylation sites is 2. The van der Waals surface area contributed by atoms with Crippen LogP contribution in [-0.2, 0) is 5.41 Å². The molecule has 59 heavy (non-hydrogen) atoms. The van der Waals surface area contributed by atoms with Crippen molar-refractivity contribution >= 4 is 66.4 Å². The highest BCUT2D eigenvalue weighted by molar-refractivity contribution is 6.08. The Bertz CT molecular complexity index is 3210. The third-order valence-electron chi connectivity index (χ3n) is 12.4. The molecular formula is C57H42N2. The lowest BCUT2D eigenvalue weighted by Crippen LogP contribution is -2.31. The normalized spacial score (nSPS) is 13.0. The van der Waals surface area contributed by atoms with Crippen LogP contribution < -0.4 is 9.80 Å². The van der Waals surface area contributed by atoms with Gasteiger partial charge in [-0.3, -0.25) is 0 Å². The SMILES string of the molecule is CC1(C)c2ccccc2N(c2c(-c3cccc(N(c4ccccc4)c4ccc5ccccc5c4)c3)ccc3ccccc23)c2ccc(-c3ccc4ccccc4c3)cc21. The molecule has 10 aromatic carbocycles. The molecule has 2 heteroatoms. The van der Waals surface area contributed by atoms with Gasteiger partial charge in [0.2, 0.25) is 0 Å². The molecule has 0 saturated heterocycles. The van der Waals surface area contributed by atoms with Crippen LogP contribution in [0.25, 0.3) is 54.6 Å². The standard InChI is InChI=1S/C57H42N2/c1-57(2)52-25-12-13-26-54(52)59(55-34-31-45(38-53(55)57)44-28-27-39-15-6-8-18-42(39)35-44)56-50-24-11-10-17-41(50)30-33-51(56)46-20-14-23-48(37-46)58(47-21-4-3-5-22-47)49-32-29-40-16-7-9-19-43(40)36-49/h3-38H,1-2H3. The minimum atomic E-state index is -0.240. The summed E-state index contributed by atoms with van der Waals surface area (Å²) in [5.41, 5.74) is 14.1. The number of hydrogen-bond donors (Lipinski definition) is 0. The molecule has 0 atom stereocenters. The van der Waals surface area contributed by atoms with Gasteiger partial charge in [-0.15, -0.1) is 0 Å². The fraction of sp³-hybridized carbons (Fsp3) is 0.0526. The fourth-order valence-electron chi connectivity index (χ4n) is 9.37. The van der Waals surface area contributed by atoms with Crippen LogP contribution in [0.1, 0.15) is 25.0 Å². The Kier molecular flexibility index (Phi) is 8.20. The average Bonchev–Trinajstić information content (AvgIpc) is 3.29. The molecule has 0 radical (unpaired) electrons. The van der Waals surface area contributed by atoms with E-state index in [4.69, 9.17) is 0 Å². The second kappa shape index (κ2) is 13.9. The first-order chi connectivity index (χ1) is 29.0. The van der Waals surface area contributed by atoms with E-state index in [1.807, 2.05) is 0 Å². The molecule has 1 heterocycles. The fourth-order valence-corrected chi connectivity index (χ4v) is 9.37. The summed E-state index contributed by atoms with van der Waals surface area (Å²) in [5, 5.41) is 7.38. The maximum absolute atomic E-state index is 2.54. The van der Waals surface area contributed by atoms with Crippen LogP contribution in [0.5, 0.6) is 0 Å². The predicted molar refractivity (Wildman–Crippen MR) is 251 cm³/mol. The van der Waals surface area contributed by atoms with Crippen LogP contribution in [0.2, 0.25) is 0 Å². The molecule has 0 aromatic heterocycles. The molecule has 10 aromatic rings. The Morgan fingerprint density at radius 2 is 0.932 bits per heavy atom. The van der Waals surface area contributed by atoms with Gasteiger partial charge in [0.25, 0.3) is 0 Å². The lowest BCUT2D eigenvalue weighted by molar-refractivity contribution is 0.632. The molecule has 0 bridgehead atoms. The Morgan fingerprint density at radius 3 is 1.75 bits per heavy atom. The van der Waals surface area contributed by atoms with E-state index in [1.54, 1.807) is 0 Å². The van der Waals surface area contributed by atoms with Gasteiger partial charge >= 0.3 is 0 Å². The summed E-state index contributed by atoms with van der Waals surface area (Å²) in [4.78, 5) is 4.92. The van der Waals surface area contributed by atoms with Gasteiger partial charge in [0.05, 0.1) is 17.1 Å². The van der Waals surface area contributed by atoms with Crippen LogP contribution >= 0.6 is 0 Å². The average molecular weight is 755 g/mol. The minimum absolute atomic E-state index is 0.240. The van der Waals surface area contributed by atoms with E-state index >= 15 is 0 Å². The molecule has 0 saturated carbocycles. The first kappa shape index (κ1) is 34.8. The maximum atomic E-state index is 2.54. The van der Waals surface area contributed by atoms with Crippen molar-refractivity contribution in [2.75, 3.05) is 9.80 Å². The van der Waals surface area contributed by atoms with Crippen molar-refractivity contribution in [3.8, 4) is 22.3 Å². The molecule has 0 fully saturated rings. The molecular weight excluding hydrogens is 713 g/mol. The number of hydrogen-bond acceptors (Lipinski definition) is 2. The Balaban J connectivity index is 1.12. The van der Waals surface area contributed by atoms with Gasteiger partial charge in [-0.1, -0.05) is 172 Å². The molecule has 1 aliphatic rings. The zero-order valence-corrected chi connectivity index (χ0v) is 33.2. The zero-order chi connectivity index (χ0) is 39.5. The Morgan fingerprint density at radius 1 is 0.356 bits per heavy atom. The highest BCUT2D eigenvalue weighted by atomic mass is 15.2. The van der Waals surface area contributed by atoms with E-state index in [9.17, 15) is 0 Å². The highest BCUT2D eigenvalue weighted by Crippen LogP contribution is 2.56. The van der Waals surface area contributed by atoms with Gasteiger partial charge in [-0.2, -0.15) is 0 Å². The van der Waals surface area contributed by atoms with E-state index < -0.39 is 0 Å². The summed E-state index contributed by atoms with van der Waals surface area (Å²) in [5.74, 6) is 0. The van der Waals surface area contributed by atoms with Crippen molar-refractivity contribution in [1.29, 1.82) is 0 Å². The number of fused-ring (bicyclic) bond motifs is 5. The van der Waals surface area contributed by atoms with Gasteiger partial charge < -0.3 is 9.80 Å². The summed E-state index contributed by atoms with van der Waals surface area (Å²) < 4.78 is 0. The van der Waals surface area contributed by atoms with Crippen molar-refractivity contribution in [2.45, 2.75) is 19.3 Å². The van der Waals surface area contributed by atoms with Crippen LogP contribution in [0, 0.1) is 0 Å². The monoisotopic (exact) mass is 754 g/mol. The quantitative estimate of drug-likeness (QED) is 0.167. The Labute approximate surface area is 345 Å². The molecule has 11 rings (SSSR count). The Hall–Kier alpha value is -7.42.